The van der Waals surface area contributed by atoms with Crippen LogP contribution in [0.15, 0.2) is 54.6 Å². The summed E-state index contributed by atoms with van der Waals surface area (Å²) in [5.74, 6) is -0.458. The van der Waals surface area contributed by atoms with Crippen LogP contribution in [-0.2, 0) is 9.63 Å². The quantitative estimate of drug-likeness (QED) is 0.444. The maximum Gasteiger partial charge on any atom is 0.261 e. The normalized spacial score (nSPS) is 12.8. The van der Waals surface area contributed by atoms with Gasteiger partial charge in [-0.05, 0) is 24.3 Å². The molecule has 2 aromatic rings. The van der Waals surface area contributed by atoms with E-state index in [0.717, 1.165) is 4.90 Å². The number of amides is 3. The van der Waals surface area contributed by atoms with E-state index in [1.807, 2.05) is 30.3 Å². The molecule has 0 atom stereocenters. The molecule has 0 aliphatic carbocycles. The van der Waals surface area contributed by atoms with E-state index in [4.69, 9.17) is 9.57 Å². The van der Waals surface area contributed by atoms with E-state index in [9.17, 15) is 14.4 Å². The molecule has 3 amide bonds. The molecule has 0 saturated carbocycles. The Kier molecular flexibility index (Phi) is 5.60. The van der Waals surface area contributed by atoms with Crippen molar-refractivity contribution in [2.24, 2.45) is 0 Å². The molecule has 0 unspecified atom stereocenters. The van der Waals surface area contributed by atoms with Crippen LogP contribution in [0.3, 0.4) is 0 Å². The predicted octanol–water partition coefficient (Wildman–Crippen LogP) is 1.80. The SMILES string of the molecule is O=C(CCN1C(=O)c2ccccc2C1=O)NOCCOc1ccccc1. The fourth-order valence-corrected chi connectivity index (χ4v) is 2.56. The lowest BCUT2D eigenvalue weighted by Crippen LogP contribution is -2.35. The lowest BCUT2D eigenvalue weighted by Gasteiger charge is -2.13. The van der Waals surface area contributed by atoms with E-state index in [-0.39, 0.29) is 38.0 Å². The third-order valence-electron chi connectivity index (χ3n) is 3.82. The predicted molar refractivity (Wildman–Crippen MR) is 92.5 cm³/mol. The lowest BCUT2D eigenvalue weighted by atomic mass is 10.1. The van der Waals surface area contributed by atoms with Gasteiger partial charge >= 0.3 is 0 Å². The summed E-state index contributed by atoms with van der Waals surface area (Å²) in [6.45, 7) is 0.457. The van der Waals surface area contributed by atoms with Crippen LogP contribution in [0.25, 0.3) is 0 Å². The van der Waals surface area contributed by atoms with Crippen molar-refractivity contribution in [2.45, 2.75) is 6.42 Å². The number of carbonyl (C=O) groups excluding carboxylic acids is 3. The van der Waals surface area contributed by atoms with Crippen molar-refractivity contribution in [3.8, 4) is 5.75 Å². The molecule has 0 radical (unpaired) electrons. The third-order valence-corrected chi connectivity index (χ3v) is 3.82. The number of benzene rings is 2. The maximum absolute atomic E-state index is 12.2. The first-order chi connectivity index (χ1) is 12.7. The second kappa shape index (κ2) is 8.26. The first-order valence-electron chi connectivity index (χ1n) is 8.20. The first kappa shape index (κ1) is 17.6. The van der Waals surface area contributed by atoms with Gasteiger partial charge in [-0.25, -0.2) is 5.48 Å². The average Bonchev–Trinajstić information content (AvgIpc) is 2.91. The minimum atomic E-state index is -0.415. The minimum absolute atomic E-state index is 0.00204. The average molecular weight is 354 g/mol. The van der Waals surface area contributed by atoms with Crippen LogP contribution in [0.5, 0.6) is 5.75 Å². The van der Waals surface area contributed by atoms with E-state index in [1.54, 1.807) is 24.3 Å². The largest absolute Gasteiger partial charge is 0.491 e. The Bertz CT molecular complexity index is 772. The maximum atomic E-state index is 12.2. The van der Waals surface area contributed by atoms with Crippen molar-refractivity contribution in [3.05, 3.63) is 65.7 Å². The Morgan fingerprint density at radius 2 is 1.50 bits per heavy atom. The molecule has 1 heterocycles. The number of rotatable bonds is 8. The molecule has 0 spiro atoms. The third kappa shape index (κ3) is 4.07. The second-order valence-corrected chi connectivity index (χ2v) is 5.59. The molecule has 7 nitrogen and oxygen atoms in total. The zero-order valence-electron chi connectivity index (χ0n) is 14.0. The second-order valence-electron chi connectivity index (χ2n) is 5.59. The molecule has 3 rings (SSSR count). The molecule has 0 saturated heterocycles. The zero-order valence-corrected chi connectivity index (χ0v) is 14.0. The molecular weight excluding hydrogens is 336 g/mol. The van der Waals surface area contributed by atoms with Crippen molar-refractivity contribution in [3.63, 3.8) is 0 Å². The first-order valence-corrected chi connectivity index (χ1v) is 8.20. The van der Waals surface area contributed by atoms with E-state index in [2.05, 4.69) is 5.48 Å². The molecule has 1 aliphatic rings. The number of ether oxygens (including phenoxy) is 1. The van der Waals surface area contributed by atoms with Crippen LogP contribution in [0.1, 0.15) is 27.1 Å². The van der Waals surface area contributed by atoms with Gasteiger partial charge in [0.25, 0.3) is 11.8 Å². The van der Waals surface area contributed by atoms with Gasteiger partial charge in [0.1, 0.15) is 19.0 Å². The van der Waals surface area contributed by atoms with Gasteiger partial charge in [-0.1, -0.05) is 30.3 Å². The molecule has 1 aliphatic heterocycles. The Hall–Kier alpha value is -3.19. The summed E-state index contributed by atoms with van der Waals surface area (Å²) in [4.78, 5) is 42.3. The summed E-state index contributed by atoms with van der Waals surface area (Å²) >= 11 is 0. The molecule has 2 aromatic carbocycles. The van der Waals surface area contributed by atoms with Gasteiger partial charge in [0.05, 0.1) is 11.1 Å². The molecule has 1 N–H and O–H groups in total. The van der Waals surface area contributed by atoms with E-state index < -0.39 is 5.91 Å². The molecular formula is C19H18N2O5. The van der Waals surface area contributed by atoms with Gasteiger partial charge in [-0.15, -0.1) is 0 Å². The number of imide groups is 1. The van der Waals surface area contributed by atoms with E-state index >= 15 is 0 Å². The lowest BCUT2D eigenvalue weighted by molar-refractivity contribution is -0.134. The van der Waals surface area contributed by atoms with Crippen molar-refractivity contribution < 1.29 is 24.0 Å². The molecule has 0 bridgehead atoms. The highest BCUT2D eigenvalue weighted by Gasteiger charge is 2.34. The molecule has 26 heavy (non-hydrogen) atoms. The summed E-state index contributed by atoms with van der Waals surface area (Å²) in [5, 5.41) is 0. The highest BCUT2D eigenvalue weighted by molar-refractivity contribution is 6.21. The Morgan fingerprint density at radius 1 is 0.885 bits per heavy atom. The Morgan fingerprint density at radius 3 is 2.15 bits per heavy atom. The topological polar surface area (TPSA) is 84.9 Å². The number of hydrogen-bond donors (Lipinski definition) is 1. The Labute approximate surface area is 150 Å². The molecule has 0 aromatic heterocycles. The number of hydrogen-bond acceptors (Lipinski definition) is 5. The summed E-state index contributed by atoms with van der Waals surface area (Å²) in [5.41, 5.74) is 3.01. The van der Waals surface area contributed by atoms with Crippen LogP contribution in [-0.4, -0.2) is 42.4 Å². The molecule has 0 fully saturated rings. The highest BCUT2D eigenvalue weighted by atomic mass is 16.7. The monoisotopic (exact) mass is 354 g/mol. The fraction of sp³-hybridized carbons (Fsp3) is 0.211. The van der Waals surface area contributed by atoms with Crippen LogP contribution in [0.4, 0.5) is 0 Å². The van der Waals surface area contributed by atoms with Gasteiger partial charge in [0.15, 0.2) is 0 Å². The van der Waals surface area contributed by atoms with Crippen LogP contribution in [0.2, 0.25) is 0 Å². The summed E-state index contributed by atoms with van der Waals surface area (Å²) < 4.78 is 5.42. The van der Waals surface area contributed by atoms with Crippen LogP contribution in [0, 0.1) is 0 Å². The van der Waals surface area contributed by atoms with Crippen molar-refractivity contribution in [1.82, 2.24) is 10.4 Å². The summed E-state index contributed by atoms with van der Waals surface area (Å²) in [7, 11) is 0. The van der Waals surface area contributed by atoms with Crippen LogP contribution >= 0.6 is 0 Å². The van der Waals surface area contributed by atoms with Crippen LogP contribution < -0.4 is 10.2 Å². The van der Waals surface area contributed by atoms with Crippen molar-refractivity contribution in [2.75, 3.05) is 19.8 Å². The highest BCUT2D eigenvalue weighted by Crippen LogP contribution is 2.22. The van der Waals surface area contributed by atoms with Gasteiger partial charge in [0, 0.05) is 13.0 Å². The van der Waals surface area contributed by atoms with Gasteiger partial charge in [-0.3, -0.25) is 24.1 Å². The standard InChI is InChI=1S/C19H18N2O5/c22-17(20-26-13-12-25-14-6-2-1-3-7-14)10-11-21-18(23)15-8-4-5-9-16(15)19(21)24/h1-9H,10-13H2,(H,20,22). The summed E-state index contributed by atoms with van der Waals surface area (Å²) in [6.07, 6.45) is -0.0367. The van der Waals surface area contributed by atoms with Crippen molar-refractivity contribution in [1.29, 1.82) is 0 Å². The number of carbonyl (C=O) groups is 3. The molecule has 7 heteroatoms. The van der Waals surface area contributed by atoms with Gasteiger partial charge < -0.3 is 4.74 Å². The smallest absolute Gasteiger partial charge is 0.261 e. The number of nitrogens with zero attached hydrogens (tertiary/aromatic N) is 1. The summed E-state index contributed by atoms with van der Waals surface area (Å²) in [6, 6.07) is 15.8. The minimum Gasteiger partial charge on any atom is -0.491 e. The fourth-order valence-electron chi connectivity index (χ4n) is 2.56. The van der Waals surface area contributed by atoms with E-state index in [0.29, 0.717) is 16.9 Å². The van der Waals surface area contributed by atoms with Gasteiger partial charge in [-0.2, -0.15) is 0 Å². The number of nitrogens with one attached hydrogen (secondary N) is 1. The number of para-hydroxylation sites is 1. The number of hydroxylamine groups is 1. The van der Waals surface area contributed by atoms with Gasteiger partial charge in [0.2, 0.25) is 5.91 Å². The Balaban J connectivity index is 1.36. The number of fused-ring (bicyclic) bond motifs is 1. The zero-order chi connectivity index (χ0) is 18.4. The van der Waals surface area contributed by atoms with E-state index in [1.165, 1.54) is 0 Å². The van der Waals surface area contributed by atoms with Crippen molar-refractivity contribution >= 4 is 17.7 Å². The molecule has 134 valence electrons.